The number of nitrogens with two attached hydrogens (primary N) is 1. The lowest BCUT2D eigenvalue weighted by Gasteiger charge is -2.03. The average Bonchev–Trinajstić information content (AvgIpc) is 2.68. The molecule has 2 heterocycles. The van der Waals surface area contributed by atoms with Gasteiger partial charge in [0.15, 0.2) is 0 Å². The fourth-order valence-electron chi connectivity index (χ4n) is 1.02. The van der Waals surface area contributed by atoms with E-state index < -0.39 is 0 Å². The van der Waals surface area contributed by atoms with E-state index in [0.29, 0.717) is 12.6 Å². The summed E-state index contributed by atoms with van der Waals surface area (Å²) in [6.45, 7) is 2.39. The third-order valence-corrected chi connectivity index (χ3v) is 1.93. The summed E-state index contributed by atoms with van der Waals surface area (Å²) in [6, 6.07) is 0. The summed E-state index contributed by atoms with van der Waals surface area (Å²) >= 11 is 0. The average molecular weight is 129 g/mol. The summed E-state index contributed by atoms with van der Waals surface area (Å²) in [5.74, 6) is 0. The zero-order valence-corrected chi connectivity index (χ0v) is 5.30. The molecule has 0 aliphatic carbocycles. The molecule has 52 valence electrons. The molecule has 2 N–H and O–H groups in total. The fraction of sp³-hybridized carbons (Fsp3) is 1.00. The third kappa shape index (κ3) is 1.08. The summed E-state index contributed by atoms with van der Waals surface area (Å²) in [7, 11) is 0. The van der Waals surface area contributed by atoms with Gasteiger partial charge in [0, 0.05) is 13.0 Å². The minimum Gasteiger partial charge on any atom is -0.373 e. The lowest BCUT2D eigenvalue weighted by atomic mass is 10.1. The molecular formula is C6H11NO2. The van der Waals surface area contributed by atoms with Crippen LogP contribution in [0.2, 0.25) is 0 Å². The van der Waals surface area contributed by atoms with Crippen molar-refractivity contribution in [3.05, 3.63) is 0 Å². The molecule has 3 nitrogen and oxygen atoms in total. The van der Waals surface area contributed by atoms with Gasteiger partial charge in [-0.2, -0.15) is 0 Å². The van der Waals surface area contributed by atoms with Crippen LogP contribution in [-0.2, 0) is 9.47 Å². The highest BCUT2D eigenvalue weighted by atomic mass is 16.6. The molecule has 2 fully saturated rings. The Labute approximate surface area is 54.1 Å². The molecule has 0 aromatic heterocycles. The van der Waals surface area contributed by atoms with Crippen molar-refractivity contribution in [1.29, 1.82) is 0 Å². The molecule has 2 atom stereocenters. The number of hydrogen-bond donors (Lipinski definition) is 1. The van der Waals surface area contributed by atoms with Gasteiger partial charge in [-0.1, -0.05) is 0 Å². The van der Waals surface area contributed by atoms with Crippen molar-refractivity contribution in [2.24, 2.45) is 5.73 Å². The molecule has 2 aliphatic heterocycles. The second kappa shape index (κ2) is 1.68. The standard InChI is InChI=1S/C6H11NO2/c7-3-6(4-9-6)1-5-2-8-5/h5H,1-4,7H2. The summed E-state index contributed by atoms with van der Waals surface area (Å²) in [6.07, 6.45) is 1.46. The van der Waals surface area contributed by atoms with Crippen LogP contribution in [0, 0.1) is 0 Å². The highest BCUT2D eigenvalue weighted by Gasteiger charge is 2.47. The van der Waals surface area contributed by atoms with Gasteiger partial charge in [0.1, 0.15) is 5.60 Å². The van der Waals surface area contributed by atoms with E-state index in [1.807, 2.05) is 0 Å². The van der Waals surface area contributed by atoms with Crippen LogP contribution in [0.4, 0.5) is 0 Å². The molecule has 0 aromatic carbocycles. The van der Waals surface area contributed by atoms with Gasteiger partial charge in [-0.3, -0.25) is 0 Å². The van der Waals surface area contributed by atoms with E-state index in [-0.39, 0.29) is 5.60 Å². The Morgan fingerprint density at radius 2 is 2.33 bits per heavy atom. The summed E-state index contributed by atoms with van der Waals surface area (Å²) in [5.41, 5.74) is 5.49. The SMILES string of the molecule is NCC1(CC2CO2)CO1. The zero-order valence-electron chi connectivity index (χ0n) is 5.30. The molecule has 0 bridgehead atoms. The highest BCUT2D eigenvalue weighted by Crippen LogP contribution is 2.34. The van der Waals surface area contributed by atoms with Crippen molar-refractivity contribution in [3.63, 3.8) is 0 Å². The van der Waals surface area contributed by atoms with Gasteiger partial charge >= 0.3 is 0 Å². The lowest BCUT2D eigenvalue weighted by Crippen LogP contribution is -2.25. The van der Waals surface area contributed by atoms with Gasteiger partial charge in [0.2, 0.25) is 0 Å². The van der Waals surface area contributed by atoms with Crippen LogP contribution in [-0.4, -0.2) is 31.5 Å². The normalized spacial score (nSPS) is 47.0. The van der Waals surface area contributed by atoms with Crippen LogP contribution in [0.1, 0.15) is 6.42 Å². The zero-order chi connectivity index (χ0) is 6.32. The smallest absolute Gasteiger partial charge is 0.106 e. The molecule has 0 aromatic rings. The van der Waals surface area contributed by atoms with Gasteiger partial charge in [-0.15, -0.1) is 0 Å². The molecule has 2 rings (SSSR count). The third-order valence-electron chi connectivity index (χ3n) is 1.93. The Morgan fingerprint density at radius 1 is 1.67 bits per heavy atom. The van der Waals surface area contributed by atoms with E-state index in [1.54, 1.807) is 0 Å². The molecule has 2 aliphatic rings. The summed E-state index contributed by atoms with van der Waals surface area (Å²) < 4.78 is 10.2. The number of rotatable bonds is 3. The Bertz CT molecular complexity index is 118. The second-order valence-electron chi connectivity index (χ2n) is 2.84. The minimum atomic E-state index is 0.0289. The Morgan fingerprint density at radius 3 is 2.67 bits per heavy atom. The molecule has 0 spiro atoms. The maximum atomic E-state index is 5.46. The van der Waals surface area contributed by atoms with Crippen LogP contribution in [0.25, 0.3) is 0 Å². The van der Waals surface area contributed by atoms with Crippen molar-refractivity contribution < 1.29 is 9.47 Å². The second-order valence-corrected chi connectivity index (χ2v) is 2.84. The maximum absolute atomic E-state index is 5.46. The van der Waals surface area contributed by atoms with E-state index in [2.05, 4.69) is 0 Å². The minimum absolute atomic E-state index is 0.0289. The quantitative estimate of drug-likeness (QED) is 0.523. The molecule has 2 unspecified atom stereocenters. The molecule has 2 saturated heterocycles. The van der Waals surface area contributed by atoms with Gasteiger partial charge in [0.05, 0.1) is 19.3 Å². The first-order valence-corrected chi connectivity index (χ1v) is 3.30. The van der Waals surface area contributed by atoms with E-state index >= 15 is 0 Å². The number of ether oxygens (including phenoxy) is 2. The van der Waals surface area contributed by atoms with Crippen LogP contribution >= 0.6 is 0 Å². The largest absolute Gasteiger partial charge is 0.373 e. The van der Waals surface area contributed by atoms with E-state index in [4.69, 9.17) is 15.2 Å². The van der Waals surface area contributed by atoms with Crippen molar-refractivity contribution in [1.82, 2.24) is 0 Å². The van der Waals surface area contributed by atoms with Crippen LogP contribution in [0.5, 0.6) is 0 Å². The summed E-state index contributed by atoms with van der Waals surface area (Å²) in [4.78, 5) is 0. The van der Waals surface area contributed by atoms with Crippen LogP contribution in [0.3, 0.4) is 0 Å². The maximum Gasteiger partial charge on any atom is 0.106 e. The fourth-order valence-corrected chi connectivity index (χ4v) is 1.02. The molecule has 0 saturated carbocycles. The lowest BCUT2D eigenvalue weighted by molar-refractivity contribution is 0.265. The first-order chi connectivity index (χ1) is 4.35. The Hall–Kier alpha value is -0.120. The monoisotopic (exact) mass is 129 g/mol. The van der Waals surface area contributed by atoms with Crippen molar-refractivity contribution in [3.8, 4) is 0 Å². The van der Waals surface area contributed by atoms with Crippen molar-refractivity contribution in [2.45, 2.75) is 18.1 Å². The van der Waals surface area contributed by atoms with Gasteiger partial charge in [-0.25, -0.2) is 0 Å². The Balaban J connectivity index is 1.81. The first kappa shape index (κ1) is 5.65. The molecule has 3 heteroatoms. The molecule has 9 heavy (non-hydrogen) atoms. The van der Waals surface area contributed by atoms with Crippen molar-refractivity contribution in [2.75, 3.05) is 19.8 Å². The van der Waals surface area contributed by atoms with Crippen LogP contribution < -0.4 is 5.73 Å². The van der Waals surface area contributed by atoms with Gasteiger partial charge < -0.3 is 15.2 Å². The van der Waals surface area contributed by atoms with Crippen LogP contribution in [0.15, 0.2) is 0 Å². The Kier molecular flexibility index (Phi) is 1.06. The van der Waals surface area contributed by atoms with Gasteiger partial charge in [-0.05, 0) is 0 Å². The molecule has 0 amide bonds. The predicted molar refractivity (Wildman–Crippen MR) is 32.1 cm³/mol. The number of hydrogen-bond acceptors (Lipinski definition) is 3. The topological polar surface area (TPSA) is 51.1 Å². The number of epoxide rings is 2. The summed E-state index contributed by atoms with van der Waals surface area (Å²) in [5, 5.41) is 0. The van der Waals surface area contributed by atoms with E-state index in [1.165, 1.54) is 0 Å². The predicted octanol–water partition coefficient (Wildman–Crippen LogP) is -0.497. The van der Waals surface area contributed by atoms with Crippen molar-refractivity contribution >= 4 is 0 Å². The molecular weight excluding hydrogens is 118 g/mol. The first-order valence-electron chi connectivity index (χ1n) is 3.30. The molecule has 0 radical (unpaired) electrons. The van der Waals surface area contributed by atoms with E-state index in [0.717, 1.165) is 19.6 Å². The highest BCUT2D eigenvalue weighted by molar-refractivity contribution is 4.97. The van der Waals surface area contributed by atoms with Gasteiger partial charge in [0.25, 0.3) is 0 Å². The van der Waals surface area contributed by atoms with E-state index in [9.17, 15) is 0 Å².